The Morgan fingerprint density at radius 1 is 1.00 bits per heavy atom. The topological polar surface area (TPSA) is 86.8 Å². The number of carbonyl (C=O) groups excluding carboxylic acids is 2. The van der Waals surface area contributed by atoms with Gasteiger partial charge < -0.3 is 10.2 Å². The summed E-state index contributed by atoms with van der Waals surface area (Å²) in [6.07, 6.45) is 2.14. The predicted molar refractivity (Wildman–Crippen MR) is 146 cm³/mol. The maximum atomic E-state index is 13.5. The van der Waals surface area contributed by atoms with Gasteiger partial charge in [-0.25, -0.2) is 8.42 Å². The van der Waals surface area contributed by atoms with Crippen LogP contribution in [0.15, 0.2) is 48.5 Å². The average Bonchev–Trinajstić information content (AvgIpc) is 2.80. The standard InChI is InChI=1S/C28H41N3O4S/c1-7-26(28(33)29-19-21(2)3)30(20-24-11-8-10-23(5)18-24)27(32)12-9-17-31(36(6,34)35)25-15-13-22(4)14-16-25/h8,10-11,13-16,18,21,26H,7,9,12,17,19-20H2,1-6H3,(H,29,33). The fourth-order valence-electron chi connectivity index (χ4n) is 4.06. The molecule has 7 nitrogen and oxygen atoms in total. The molecule has 0 aliphatic heterocycles. The molecule has 0 spiro atoms. The largest absolute Gasteiger partial charge is 0.354 e. The van der Waals surface area contributed by atoms with Crippen molar-refractivity contribution in [2.24, 2.45) is 5.92 Å². The van der Waals surface area contributed by atoms with E-state index in [0.29, 0.717) is 37.5 Å². The summed E-state index contributed by atoms with van der Waals surface area (Å²) in [6, 6.07) is 14.6. The fraction of sp³-hybridized carbons (Fsp3) is 0.500. The number of aryl methyl sites for hydroxylation is 2. The summed E-state index contributed by atoms with van der Waals surface area (Å²) >= 11 is 0. The molecule has 0 aliphatic carbocycles. The summed E-state index contributed by atoms with van der Waals surface area (Å²) in [5.41, 5.74) is 3.65. The lowest BCUT2D eigenvalue weighted by molar-refractivity contribution is -0.141. The van der Waals surface area contributed by atoms with Gasteiger partial charge >= 0.3 is 0 Å². The first-order valence-corrected chi connectivity index (χ1v) is 14.4. The fourth-order valence-corrected chi connectivity index (χ4v) is 5.03. The van der Waals surface area contributed by atoms with Crippen LogP contribution in [0.5, 0.6) is 0 Å². The first-order valence-electron chi connectivity index (χ1n) is 12.6. The molecule has 1 atom stereocenters. The molecule has 0 saturated heterocycles. The van der Waals surface area contributed by atoms with Crippen LogP contribution in [0.4, 0.5) is 5.69 Å². The van der Waals surface area contributed by atoms with Gasteiger partial charge in [0.15, 0.2) is 0 Å². The number of nitrogens with one attached hydrogen (secondary N) is 1. The van der Waals surface area contributed by atoms with E-state index in [9.17, 15) is 18.0 Å². The zero-order valence-electron chi connectivity index (χ0n) is 22.5. The van der Waals surface area contributed by atoms with E-state index in [4.69, 9.17) is 0 Å². The lowest BCUT2D eigenvalue weighted by atomic mass is 10.1. The van der Waals surface area contributed by atoms with Gasteiger partial charge in [-0.05, 0) is 50.3 Å². The monoisotopic (exact) mass is 515 g/mol. The highest BCUT2D eigenvalue weighted by Gasteiger charge is 2.29. The molecule has 0 heterocycles. The number of sulfonamides is 1. The molecular formula is C28H41N3O4S. The number of nitrogens with zero attached hydrogens (tertiary/aromatic N) is 2. The first kappa shape index (κ1) is 29.4. The molecule has 2 aromatic rings. The maximum Gasteiger partial charge on any atom is 0.242 e. The van der Waals surface area contributed by atoms with Crippen LogP contribution in [0, 0.1) is 19.8 Å². The van der Waals surface area contributed by atoms with Crippen LogP contribution in [0.25, 0.3) is 0 Å². The zero-order chi connectivity index (χ0) is 26.9. The van der Waals surface area contributed by atoms with Crippen molar-refractivity contribution in [3.63, 3.8) is 0 Å². The number of amides is 2. The molecule has 2 amide bonds. The van der Waals surface area contributed by atoms with Crippen LogP contribution in [0.1, 0.15) is 56.7 Å². The van der Waals surface area contributed by atoms with Crippen LogP contribution in [-0.4, -0.2) is 50.5 Å². The van der Waals surface area contributed by atoms with Gasteiger partial charge in [0.05, 0.1) is 11.9 Å². The van der Waals surface area contributed by atoms with Gasteiger partial charge in [0.25, 0.3) is 0 Å². The third-order valence-corrected chi connectivity index (χ3v) is 7.17. The van der Waals surface area contributed by atoms with E-state index in [1.165, 1.54) is 10.6 Å². The second-order valence-corrected chi connectivity index (χ2v) is 11.8. The number of anilines is 1. The van der Waals surface area contributed by atoms with E-state index >= 15 is 0 Å². The van der Waals surface area contributed by atoms with Gasteiger partial charge in [-0.15, -0.1) is 0 Å². The molecule has 1 unspecified atom stereocenters. The van der Waals surface area contributed by atoms with Crippen molar-refractivity contribution in [1.82, 2.24) is 10.2 Å². The molecule has 8 heteroatoms. The summed E-state index contributed by atoms with van der Waals surface area (Å²) in [5.74, 6) is -0.0267. The van der Waals surface area contributed by atoms with E-state index in [1.54, 1.807) is 17.0 Å². The Kier molecular flexibility index (Phi) is 11.0. The highest BCUT2D eigenvalue weighted by molar-refractivity contribution is 7.92. The summed E-state index contributed by atoms with van der Waals surface area (Å²) in [6.45, 7) is 10.9. The van der Waals surface area contributed by atoms with Crippen molar-refractivity contribution in [1.29, 1.82) is 0 Å². The van der Waals surface area contributed by atoms with Gasteiger partial charge in [-0.3, -0.25) is 13.9 Å². The van der Waals surface area contributed by atoms with Gasteiger partial charge in [0.1, 0.15) is 6.04 Å². The number of benzene rings is 2. The lowest BCUT2D eigenvalue weighted by Crippen LogP contribution is -2.49. The van der Waals surface area contributed by atoms with Crippen molar-refractivity contribution in [3.05, 3.63) is 65.2 Å². The van der Waals surface area contributed by atoms with E-state index in [-0.39, 0.29) is 24.8 Å². The Hall–Kier alpha value is -2.87. The second-order valence-electron chi connectivity index (χ2n) is 9.85. The molecular weight excluding hydrogens is 474 g/mol. The summed E-state index contributed by atoms with van der Waals surface area (Å²) < 4.78 is 26.2. The van der Waals surface area contributed by atoms with Crippen molar-refractivity contribution in [3.8, 4) is 0 Å². The first-order chi connectivity index (χ1) is 16.9. The second kappa shape index (κ2) is 13.4. The molecule has 1 N–H and O–H groups in total. The Labute approximate surface area is 216 Å². The molecule has 0 radical (unpaired) electrons. The van der Waals surface area contributed by atoms with Gasteiger partial charge in [0, 0.05) is 26.1 Å². The molecule has 0 aliphatic rings. The maximum absolute atomic E-state index is 13.5. The SMILES string of the molecule is CCC(C(=O)NCC(C)C)N(Cc1cccc(C)c1)C(=O)CCCN(c1ccc(C)cc1)S(C)(=O)=O. The lowest BCUT2D eigenvalue weighted by Gasteiger charge is -2.31. The highest BCUT2D eigenvalue weighted by atomic mass is 32.2. The molecule has 198 valence electrons. The average molecular weight is 516 g/mol. The quantitative estimate of drug-likeness (QED) is 0.428. The van der Waals surface area contributed by atoms with E-state index < -0.39 is 16.1 Å². The predicted octanol–water partition coefficient (Wildman–Crippen LogP) is 4.43. The Bertz CT molecular complexity index is 1110. The minimum atomic E-state index is -3.51. The van der Waals surface area contributed by atoms with Crippen molar-refractivity contribution in [2.75, 3.05) is 23.7 Å². The third-order valence-electron chi connectivity index (χ3n) is 5.98. The smallest absolute Gasteiger partial charge is 0.242 e. The molecule has 2 aromatic carbocycles. The molecule has 2 rings (SSSR count). The van der Waals surface area contributed by atoms with E-state index in [0.717, 1.165) is 16.7 Å². The van der Waals surface area contributed by atoms with Crippen LogP contribution < -0.4 is 9.62 Å². The van der Waals surface area contributed by atoms with E-state index in [1.807, 2.05) is 71.0 Å². The van der Waals surface area contributed by atoms with Gasteiger partial charge in [-0.2, -0.15) is 0 Å². The highest BCUT2D eigenvalue weighted by Crippen LogP contribution is 2.20. The van der Waals surface area contributed by atoms with Crippen molar-refractivity contribution >= 4 is 27.5 Å². The minimum absolute atomic E-state index is 0.137. The number of hydrogen-bond donors (Lipinski definition) is 1. The van der Waals surface area contributed by atoms with Crippen molar-refractivity contribution < 1.29 is 18.0 Å². The normalized spacial score (nSPS) is 12.3. The van der Waals surface area contributed by atoms with Crippen LogP contribution >= 0.6 is 0 Å². The van der Waals surface area contributed by atoms with Crippen LogP contribution in [-0.2, 0) is 26.2 Å². The minimum Gasteiger partial charge on any atom is -0.354 e. The van der Waals surface area contributed by atoms with Gasteiger partial charge in [-0.1, -0.05) is 68.3 Å². The number of hydrogen-bond acceptors (Lipinski definition) is 4. The Morgan fingerprint density at radius 2 is 1.67 bits per heavy atom. The molecule has 0 aromatic heterocycles. The molecule has 36 heavy (non-hydrogen) atoms. The zero-order valence-corrected chi connectivity index (χ0v) is 23.3. The molecule has 0 saturated carbocycles. The Morgan fingerprint density at radius 3 is 2.22 bits per heavy atom. The molecule has 0 fully saturated rings. The third kappa shape index (κ3) is 8.97. The number of rotatable bonds is 13. The Balaban J connectivity index is 2.20. The number of carbonyl (C=O) groups is 2. The summed E-state index contributed by atoms with van der Waals surface area (Å²) in [5, 5.41) is 2.97. The summed E-state index contributed by atoms with van der Waals surface area (Å²) in [4.78, 5) is 28.1. The molecule has 0 bridgehead atoms. The van der Waals surface area contributed by atoms with Crippen molar-refractivity contribution in [2.45, 2.75) is 66.5 Å². The van der Waals surface area contributed by atoms with Gasteiger partial charge in [0.2, 0.25) is 21.8 Å². The van der Waals surface area contributed by atoms with Crippen LogP contribution in [0.3, 0.4) is 0 Å². The van der Waals surface area contributed by atoms with E-state index in [2.05, 4.69) is 5.32 Å². The summed E-state index contributed by atoms with van der Waals surface area (Å²) in [7, 11) is -3.51. The van der Waals surface area contributed by atoms with Crippen LogP contribution in [0.2, 0.25) is 0 Å².